The van der Waals surface area contributed by atoms with Gasteiger partial charge in [-0.1, -0.05) is 23.4 Å². The predicted molar refractivity (Wildman–Crippen MR) is 66.6 cm³/mol. The van der Waals surface area contributed by atoms with E-state index in [1.165, 1.54) is 0 Å². The molecule has 0 bridgehead atoms. The maximum atomic E-state index is 5.56. The molecule has 1 saturated heterocycles. The number of hydrogen-bond donors (Lipinski definition) is 1. The van der Waals surface area contributed by atoms with Gasteiger partial charge in [0.15, 0.2) is 6.61 Å². The van der Waals surface area contributed by atoms with Crippen LogP contribution in [0.5, 0.6) is 5.75 Å². The van der Waals surface area contributed by atoms with Crippen LogP contribution in [0.4, 0.5) is 0 Å². The summed E-state index contributed by atoms with van der Waals surface area (Å²) in [5.74, 6) is 1.87. The van der Waals surface area contributed by atoms with Crippen LogP contribution in [-0.4, -0.2) is 29.9 Å². The van der Waals surface area contributed by atoms with Gasteiger partial charge in [-0.3, -0.25) is 0 Å². The molecule has 6 nitrogen and oxygen atoms in total. The topological polar surface area (TPSA) is 69.4 Å². The van der Waals surface area contributed by atoms with Crippen LogP contribution in [0.1, 0.15) is 17.8 Å². The summed E-state index contributed by atoms with van der Waals surface area (Å²) >= 11 is 0. The summed E-state index contributed by atoms with van der Waals surface area (Å²) in [5, 5.41) is 7.16. The Hall–Kier alpha value is -1.92. The summed E-state index contributed by atoms with van der Waals surface area (Å²) in [7, 11) is 0. The van der Waals surface area contributed by atoms with Crippen LogP contribution in [0.2, 0.25) is 0 Å². The van der Waals surface area contributed by atoms with Crippen LogP contribution in [0.25, 0.3) is 0 Å². The summed E-state index contributed by atoms with van der Waals surface area (Å²) in [6.07, 6.45) is 0. The molecule has 2 aromatic rings. The van der Waals surface area contributed by atoms with E-state index in [9.17, 15) is 0 Å². The first-order chi connectivity index (χ1) is 9.42. The number of aromatic nitrogens is 2. The van der Waals surface area contributed by atoms with Gasteiger partial charge in [-0.05, 0) is 12.1 Å². The molecule has 0 spiro atoms. The molecule has 1 aromatic heterocycles. The molecule has 1 N–H and O–H groups in total. The van der Waals surface area contributed by atoms with Crippen molar-refractivity contribution in [3.63, 3.8) is 0 Å². The van der Waals surface area contributed by atoms with E-state index in [1.54, 1.807) is 0 Å². The highest BCUT2D eigenvalue weighted by Crippen LogP contribution is 2.15. The highest BCUT2D eigenvalue weighted by Gasteiger charge is 2.21. The Morgan fingerprint density at radius 3 is 3.00 bits per heavy atom. The van der Waals surface area contributed by atoms with Crippen LogP contribution in [0, 0.1) is 0 Å². The van der Waals surface area contributed by atoms with E-state index in [-0.39, 0.29) is 6.04 Å². The third kappa shape index (κ3) is 3.10. The van der Waals surface area contributed by atoms with Crippen molar-refractivity contribution in [2.45, 2.75) is 12.6 Å². The van der Waals surface area contributed by atoms with Crippen molar-refractivity contribution in [3.05, 3.63) is 42.0 Å². The first kappa shape index (κ1) is 12.1. The molecule has 100 valence electrons. The monoisotopic (exact) mass is 261 g/mol. The third-order valence-electron chi connectivity index (χ3n) is 2.81. The van der Waals surface area contributed by atoms with Gasteiger partial charge in [0.05, 0.1) is 13.2 Å². The lowest BCUT2D eigenvalue weighted by atomic mass is 10.3. The molecule has 1 aliphatic rings. The lowest BCUT2D eigenvalue weighted by Crippen LogP contribution is -2.34. The number of morpholine rings is 1. The molecule has 1 fully saturated rings. The normalized spacial score (nSPS) is 19.3. The number of para-hydroxylation sites is 1. The molecule has 19 heavy (non-hydrogen) atoms. The van der Waals surface area contributed by atoms with Crippen LogP contribution >= 0.6 is 0 Å². The molecule has 0 saturated carbocycles. The Balaban J connectivity index is 1.58. The maximum absolute atomic E-state index is 5.56. The zero-order valence-corrected chi connectivity index (χ0v) is 10.4. The number of nitrogens with one attached hydrogen (secondary N) is 1. The first-order valence-electron chi connectivity index (χ1n) is 6.23. The number of hydrogen-bond acceptors (Lipinski definition) is 6. The molecular formula is C13H15N3O3. The maximum Gasteiger partial charge on any atom is 0.246 e. The summed E-state index contributed by atoms with van der Waals surface area (Å²) in [5.41, 5.74) is 0. The zero-order chi connectivity index (χ0) is 12.9. The number of ether oxygens (including phenoxy) is 2. The molecular weight excluding hydrogens is 246 g/mol. The SMILES string of the molecule is c1ccc(OCc2noc(C3COCCN3)n2)cc1. The number of benzene rings is 1. The molecule has 0 aliphatic carbocycles. The lowest BCUT2D eigenvalue weighted by molar-refractivity contribution is 0.0659. The van der Waals surface area contributed by atoms with Gasteiger partial charge in [0.2, 0.25) is 11.7 Å². The lowest BCUT2D eigenvalue weighted by Gasteiger charge is -2.20. The van der Waals surface area contributed by atoms with Crippen molar-refractivity contribution in [2.24, 2.45) is 0 Å². The molecule has 0 radical (unpaired) electrons. The number of nitrogens with zero attached hydrogens (tertiary/aromatic N) is 2. The van der Waals surface area contributed by atoms with E-state index >= 15 is 0 Å². The quantitative estimate of drug-likeness (QED) is 0.895. The minimum atomic E-state index is -0.0216. The van der Waals surface area contributed by atoms with Crippen LogP contribution in [0.15, 0.2) is 34.9 Å². The Kier molecular flexibility index (Phi) is 3.71. The molecule has 1 unspecified atom stereocenters. The van der Waals surface area contributed by atoms with Gasteiger partial charge in [-0.15, -0.1) is 0 Å². The van der Waals surface area contributed by atoms with Crippen LogP contribution in [-0.2, 0) is 11.3 Å². The average Bonchev–Trinajstić information content (AvgIpc) is 2.96. The predicted octanol–water partition coefficient (Wildman–Crippen LogP) is 1.31. The van der Waals surface area contributed by atoms with Crippen molar-refractivity contribution in [3.8, 4) is 5.75 Å². The minimum Gasteiger partial charge on any atom is -0.485 e. The highest BCUT2D eigenvalue weighted by atomic mass is 16.5. The van der Waals surface area contributed by atoms with Gasteiger partial charge in [-0.25, -0.2) is 0 Å². The Morgan fingerprint density at radius 1 is 1.32 bits per heavy atom. The molecule has 3 rings (SSSR count). The largest absolute Gasteiger partial charge is 0.485 e. The smallest absolute Gasteiger partial charge is 0.246 e. The second-order valence-electron chi connectivity index (χ2n) is 4.23. The van der Waals surface area contributed by atoms with Gasteiger partial charge in [0, 0.05) is 6.54 Å². The third-order valence-corrected chi connectivity index (χ3v) is 2.81. The van der Waals surface area contributed by atoms with E-state index < -0.39 is 0 Å². The molecule has 6 heteroatoms. The fourth-order valence-corrected chi connectivity index (χ4v) is 1.86. The molecule has 2 heterocycles. The standard InChI is InChI=1S/C13H15N3O3/c1-2-4-10(5-3-1)18-9-12-15-13(19-16-12)11-8-17-7-6-14-11/h1-5,11,14H,6-9H2. The molecule has 1 atom stereocenters. The van der Waals surface area contributed by atoms with Gasteiger partial charge in [0.1, 0.15) is 11.8 Å². The van der Waals surface area contributed by atoms with Gasteiger partial charge in [0.25, 0.3) is 0 Å². The van der Waals surface area contributed by atoms with E-state index in [4.69, 9.17) is 14.0 Å². The van der Waals surface area contributed by atoms with E-state index in [2.05, 4.69) is 15.5 Å². The van der Waals surface area contributed by atoms with Gasteiger partial charge >= 0.3 is 0 Å². The van der Waals surface area contributed by atoms with E-state index in [0.717, 1.165) is 12.3 Å². The first-order valence-corrected chi connectivity index (χ1v) is 6.23. The second-order valence-corrected chi connectivity index (χ2v) is 4.23. The van der Waals surface area contributed by atoms with Crippen molar-refractivity contribution in [1.82, 2.24) is 15.5 Å². The molecule has 1 aliphatic heterocycles. The summed E-state index contributed by atoms with van der Waals surface area (Å²) < 4.78 is 16.1. The summed E-state index contributed by atoms with van der Waals surface area (Å²) in [6.45, 7) is 2.36. The van der Waals surface area contributed by atoms with Crippen molar-refractivity contribution in [1.29, 1.82) is 0 Å². The Morgan fingerprint density at radius 2 is 2.21 bits per heavy atom. The fourth-order valence-electron chi connectivity index (χ4n) is 1.86. The second kappa shape index (κ2) is 5.81. The van der Waals surface area contributed by atoms with Gasteiger partial charge in [-0.2, -0.15) is 4.98 Å². The van der Waals surface area contributed by atoms with Gasteiger partial charge < -0.3 is 19.3 Å². The summed E-state index contributed by atoms with van der Waals surface area (Å²) in [4.78, 5) is 4.30. The van der Waals surface area contributed by atoms with Crippen molar-refractivity contribution >= 4 is 0 Å². The van der Waals surface area contributed by atoms with Crippen molar-refractivity contribution < 1.29 is 14.0 Å². The zero-order valence-electron chi connectivity index (χ0n) is 10.4. The number of rotatable bonds is 4. The Labute approximate surface area is 110 Å². The molecule has 1 aromatic carbocycles. The van der Waals surface area contributed by atoms with Crippen LogP contribution < -0.4 is 10.1 Å². The van der Waals surface area contributed by atoms with E-state index in [1.807, 2.05) is 30.3 Å². The summed E-state index contributed by atoms with van der Waals surface area (Å²) in [6, 6.07) is 9.52. The fraction of sp³-hybridized carbons (Fsp3) is 0.385. The van der Waals surface area contributed by atoms with Crippen LogP contribution in [0.3, 0.4) is 0 Å². The average molecular weight is 261 g/mol. The van der Waals surface area contributed by atoms with E-state index in [0.29, 0.717) is 31.5 Å². The Bertz CT molecular complexity index is 509. The molecule has 0 amide bonds. The minimum absolute atomic E-state index is 0.0216. The van der Waals surface area contributed by atoms with Crippen molar-refractivity contribution in [2.75, 3.05) is 19.8 Å². The highest BCUT2D eigenvalue weighted by molar-refractivity contribution is 5.20.